The minimum absolute atomic E-state index is 0.106. The number of hydrogen-bond acceptors (Lipinski definition) is 8. The van der Waals surface area contributed by atoms with E-state index < -0.39 is 10.2 Å². The van der Waals surface area contributed by atoms with Gasteiger partial charge < -0.3 is 9.47 Å². The molecular formula is C21H17ClN6O4S. The number of pyridine rings is 2. The molecule has 0 amide bonds. The molecule has 3 aromatic heterocycles. The normalized spacial score (nSPS) is 11.0. The molecule has 10 nitrogen and oxygen atoms in total. The number of benzene rings is 1. The molecule has 0 aliphatic rings. The zero-order chi connectivity index (χ0) is 23.3. The molecule has 0 radical (unpaired) electrons. The summed E-state index contributed by atoms with van der Waals surface area (Å²) in [5.41, 5.74) is 0.578. The predicted octanol–water partition coefficient (Wildman–Crippen LogP) is 4.16. The van der Waals surface area contributed by atoms with Gasteiger partial charge in [-0.05, 0) is 36.4 Å². The lowest BCUT2D eigenvalue weighted by Crippen LogP contribution is -2.23. The van der Waals surface area contributed by atoms with Crippen molar-refractivity contribution in [2.75, 3.05) is 16.6 Å². The zero-order valence-electron chi connectivity index (χ0n) is 17.1. The Hall–Kier alpha value is -3.96. The Morgan fingerprint density at radius 1 is 0.879 bits per heavy atom. The highest BCUT2D eigenvalue weighted by Crippen LogP contribution is 2.39. The number of nitrogens with zero attached hydrogens (tertiary/aromatic N) is 4. The topological polar surface area (TPSA) is 128 Å². The van der Waals surface area contributed by atoms with E-state index >= 15 is 0 Å². The van der Waals surface area contributed by atoms with Crippen LogP contribution in [-0.2, 0) is 10.2 Å². The van der Waals surface area contributed by atoms with Crippen molar-refractivity contribution >= 4 is 33.4 Å². The van der Waals surface area contributed by atoms with E-state index in [9.17, 15) is 8.42 Å². The molecule has 1 aromatic carbocycles. The second-order valence-electron chi connectivity index (χ2n) is 6.43. The molecule has 12 heteroatoms. The minimum atomic E-state index is -4.17. The highest BCUT2D eigenvalue weighted by Gasteiger charge is 2.22. The van der Waals surface area contributed by atoms with Gasteiger partial charge in [0.1, 0.15) is 5.82 Å². The van der Waals surface area contributed by atoms with Crippen LogP contribution in [0, 0.1) is 0 Å². The van der Waals surface area contributed by atoms with Gasteiger partial charge in [0.2, 0.25) is 5.75 Å². The smallest absolute Gasteiger partial charge is 0.323 e. The van der Waals surface area contributed by atoms with Crippen LogP contribution in [0.4, 0.5) is 11.6 Å². The Morgan fingerprint density at radius 2 is 1.61 bits per heavy atom. The van der Waals surface area contributed by atoms with Gasteiger partial charge in [-0.25, -0.2) is 19.7 Å². The molecule has 0 fully saturated rings. The average molecular weight is 485 g/mol. The lowest BCUT2D eigenvalue weighted by atomic mass is 10.2. The Kier molecular flexibility index (Phi) is 6.52. The zero-order valence-corrected chi connectivity index (χ0v) is 18.7. The number of hydrogen-bond donors (Lipinski definition) is 2. The van der Waals surface area contributed by atoms with Gasteiger partial charge in [-0.1, -0.05) is 29.8 Å². The van der Waals surface area contributed by atoms with Crippen LogP contribution >= 0.6 is 11.6 Å². The number of para-hydroxylation sites is 2. The van der Waals surface area contributed by atoms with Crippen molar-refractivity contribution in [2.45, 2.75) is 0 Å². The first-order valence-electron chi connectivity index (χ1n) is 9.45. The first-order chi connectivity index (χ1) is 15.9. The average Bonchev–Trinajstić information content (AvgIpc) is 2.82. The molecule has 0 spiro atoms. The monoisotopic (exact) mass is 484 g/mol. The number of halogens is 1. The van der Waals surface area contributed by atoms with Gasteiger partial charge in [0, 0.05) is 24.2 Å². The number of anilines is 2. The third-order valence-electron chi connectivity index (χ3n) is 4.18. The Morgan fingerprint density at radius 3 is 2.30 bits per heavy atom. The van der Waals surface area contributed by atoms with Crippen LogP contribution in [0.5, 0.6) is 17.2 Å². The molecule has 0 aliphatic heterocycles. The van der Waals surface area contributed by atoms with E-state index in [1.54, 1.807) is 60.9 Å². The third-order valence-corrected chi connectivity index (χ3v) is 5.37. The van der Waals surface area contributed by atoms with Gasteiger partial charge in [0.25, 0.3) is 0 Å². The molecule has 0 saturated carbocycles. The lowest BCUT2D eigenvalue weighted by Gasteiger charge is -2.16. The summed E-state index contributed by atoms with van der Waals surface area (Å²) in [5, 5.41) is -0.113. The van der Waals surface area contributed by atoms with Crippen LogP contribution < -0.4 is 18.9 Å². The first-order valence-corrected chi connectivity index (χ1v) is 11.3. The highest BCUT2D eigenvalue weighted by atomic mass is 35.5. The fourth-order valence-corrected chi connectivity index (χ4v) is 3.79. The van der Waals surface area contributed by atoms with Crippen molar-refractivity contribution in [3.05, 3.63) is 78.3 Å². The van der Waals surface area contributed by atoms with Crippen LogP contribution in [0.3, 0.4) is 0 Å². The maximum Gasteiger partial charge on any atom is 0.323 e. The van der Waals surface area contributed by atoms with E-state index in [1.165, 1.54) is 19.4 Å². The summed E-state index contributed by atoms with van der Waals surface area (Å²) in [4.78, 5) is 16.5. The molecule has 0 unspecified atom stereocenters. The highest BCUT2D eigenvalue weighted by molar-refractivity contribution is 7.94. The van der Waals surface area contributed by atoms with Crippen molar-refractivity contribution < 1.29 is 17.9 Å². The number of rotatable bonds is 8. The van der Waals surface area contributed by atoms with Crippen LogP contribution in [0.1, 0.15) is 0 Å². The molecule has 2 N–H and O–H groups in total. The van der Waals surface area contributed by atoms with E-state index in [2.05, 4.69) is 29.4 Å². The maximum atomic E-state index is 12.8. The Labute approximate surface area is 194 Å². The molecule has 33 heavy (non-hydrogen) atoms. The molecule has 168 valence electrons. The Bertz CT molecular complexity index is 1360. The summed E-state index contributed by atoms with van der Waals surface area (Å²) >= 11 is 6.42. The van der Waals surface area contributed by atoms with Crippen LogP contribution in [0.2, 0.25) is 5.15 Å². The summed E-state index contributed by atoms with van der Waals surface area (Å²) in [6.45, 7) is 0. The fourth-order valence-electron chi connectivity index (χ4n) is 2.74. The van der Waals surface area contributed by atoms with Gasteiger partial charge in [-0.15, -0.1) is 0 Å². The molecule has 0 bridgehead atoms. The first kappa shape index (κ1) is 22.2. The summed E-state index contributed by atoms with van der Waals surface area (Å²) in [5.74, 6) is 0.700. The molecule has 0 atom stereocenters. The summed E-state index contributed by atoms with van der Waals surface area (Å²) in [6, 6.07) is 14.9. The number of nitrogens with one attached hydrogen (secondary N) is 2. The van der Waals surface area contributed by atoms with E-state index in [0.717, 1.165) is 0 Å². The summed E-state index contributed by atoms with van der Waals surface area (Å²) < 4.78 is 41.4. The second kappa shape index (κ2) is 9.67. The SMILES string of the molecule is COc1ccccc1Oc1c(Cl)nc(-c2ccncc2)nc1NS(=O)(=O)Nc1ccccn1. The second-order valence-corrected chi connectivity index (χ2v) is 8.20. The van der Waals surface area contributed by atoms with E-state index in [-0.39, 0.29) is 28.4 Å². The third kappa shape index (κ3) is 5.45. The van der Waals surface area contributed by atoms with Crippen LogP contribution in [-0.4, -0.2) is 35.5 Å². The van der Waals surface area contributed by atoms with Gasteiger partial charge in [-0.2, -0.15) is 8.42 Å². The molecule has 4 rings (SSSR count). The largest absolute Gasteiger partial charge is 0.493 e. The molecule has 4 aromatic rings. The quantitative estimate of drug-likeness (QED) is 0.357. The number of ether oxygens (including phenoxy) is 2. The van der Waals surface area contributed by atoms with Crippen molar-refractivity contribution in [3.63, 3.8) is 0 Å². The lowest BCUT2D eigenvalue weighted by molar-refractivity contribution is 0.378. The van der Waals surface area contributed by atoms with Crippen molar-refractivity contribution in [3.8, 4) is 28.6 Å². The molecule has 3 heterocycles. The molecule has 0 saturated heterocycles. The van der Waals surface area contributed by atoms with Crippen LogP contribution in [0.15, 0.2) is 73.2 Å². The van der Waals surface area contributed by atoms with E-state index in [1.807, 2.05) is 0 Å². The minimum Gasteiger partial charge on any atom is -0.493 e. The van der Waals surface area contributed by atoms with Crippen molar-refractivity contribution in [1.82, 2.24) is 19.9 Å². The number of aromatic nitrogens is 4. The summed E-state index contributed by atoms with van der Waals surface area (Å²) in [6.07, 6.45) is 4.56. The van der Waals surface area contributed by atoms with Gasteiger partial charge in [-0.3, -0.25) is 9.71 Å². The van der Waals surface area contributed by atoms with Crippen LogP contribution in [0.25, 0.3) is 11.4 Å². The van der Waals surface area contributed by atoms with Gasteiger partial charge in [0.05, 0.1) is 7.11 Å². The predicted molar refractivity (Wildman–Crippen MR) is 124 cm³/mol. The standard InChI is InChI=1S/C21H17ClN6O4S/c1-31-15-6-2-3-7-16(15)32-18-19(22)25-20(14-9-12-23-13-10-14)26-21(18)28-33(29,30)27-17-8-4-5-11-24-17/h2-13H,1H3,(H,24,27)(H,25,26,28). The van der Waals surface area contributed by atoms with Gasteiger partial charge in [0.15, 0.2) is 28.3 Å². The summed E-state index contributed by atoms with van der Waals surface area (Å²) in [7, 11) is -2.69. The van der Waals surface area contributed by atoms with Crippen molar-refractivity contribution in [2.24, 2.45) is 0 Å². The number of methoxy groups -OCH3 is 1. The van der Waals surface area contributed by atoms with E-state index in [4.69, 9.17) is 21.1 Å². The Balaban J connectivity index is 1.77. The van der Waals surface area contributed by atoms with E-state index in [0.29, 0.717) is 17.1 Å². The van der Waals surface area contributed by atoms with Gasteiger partial charge >= 0.3 is 10.2 Å². The van der Waals surface area contributed by atoms with Crippen molar-refractivity contribution in [1.29, 1.82) is 0 Å². The fraction of sp³-hybridized carbons (Fsp3) is 0.0476. The maximum absolute atomic E-state index is 12.8. The molecule has 0 aliphatic carbocycles. The molecular weight excluding hydrogens is 468 g/mol.